The van der Waals surface area contributed by atoms with Crippen LogP contribution in [0.5, 0.6) is 0 Å². The van der Waals surface area contributed by atoms with Crippen molar-refractivity contribution in [1.29, 1.82) is 0 Å². The van der Waals surface area contributed by atoms with E-state index in [1.54, 1.807) is 5.56 Å². The molecular formula is C16H22BrNSi. The van der Waals surface area contributed by atoms with Crippen molar-refractivity contribution in [2.45, 2.75) is 51.2 Å². The van der Waals surface area contributed by atoms with Gasteiger partial charge in [0.25, 0.3) is 0 Å². The molecule has 1 nitrogen and oxygen atoms in total. The number of rotatable bonds is 2. The normalized spacial score (nSPS) is 20.9. The Labute approximate surface area is 125 Å². The molecule has 102 valence electrons. The van der Waals surface area contributed by atoms with Gasteiger partial charge in [0, 0.05) is 15.4 Å². The molecule has 0 saturated carbocycles. The fourth-order valence-electron chi connectivity index (χ4n) is 4.60. The quantitative estimate of drug-likeness (QED) is 0.622. The van der Waals surface area contributed by atoms with Crippen molar-refractivity contribution in [3.05, 3.63) is 34.4 Å². The number of benzene rings is 1. The number of hydrogen-bond donors (Lipinski definition) is 0. The molecule has 3 heteroatoms. The highest BCUT2D eigenvalue weighted by atomic mass is 79.9. The molecule has 3 rings (SSSR count). The van der Waals surface area contributed by atoms with Gasteiger partial charge in [-0.2, -0.15) is 0 Å². The third-order valence-corrected chi connectivity index (χ3v) is 12.5. The smallest absolute Gasteiger partial charge is 0.174 e. The highest BCUT2D eigenvalue weighted by Gasteiger charge is 2.52. The molecule has 0 saturated heterocycles. The summed E-state index contributed by atoms with van der Waals surface area (Å²) in [5, 5.41) is 1.39. The van der Waals surface area contributed by atoms with E-state index in [-0.39, 0.29) is 0 Å². The number of nitrogens with zero attached hydrogens (tertiary/aromatic N) is 1. The van der Waals surface area contributed by atoms with Crippen molar-refractivity contribution in [1.82, 2.24) is 4.23 Å². The van der Waals surface area contributed by atoms with E-state index < -0.39 is 8.24 Å². The van der Waals surface area contributed by atoms with Crippen LogP contribution in [-0.2, 0) is 0 Å². The monoisotopic (exact) mass is 335 g/mol. The number of aromatic nitrogens is 1. The first-order valence-electron chi connectivity index (χ1n) is 7.22. The molecule has 0 fully saturated rings. The molecule has 0 bridgehead atoms. The minimum atomic E-state index is -1.57. The second-order valence-electron chi connectivity index (χ2n) is 6.50. The largest absolute Gasteiger partial charge is 0.373 e. The van der Waals surface area contributed by atoms with Crippen LogP contribution >= 0.6 is 15.9 Å². The van der Waals surface area contributed by atoms with Gasteiger partial charge in [0.15, 0.2) is 8.24 Å². The van der Waals surface area contributed by atoms with Crippen molar-refractivity contribution in [3.8, 4) is 0 Å². The zero-order valence-corrected chi connectivity index (χ0v) is 15.0. The van der Waals surface area contributed by atoms with Gasteiger partial charge in [-0.25, -0.2) is 0 Å². The molecule has 1 aliphatic heterocycles. The molecule has 2 heterocycles. The van der Waals surface area contributed by atoms with Crippen molar-refractivity contribution in [2.75, 3.05) is 0 Å². The topological polar surface area (TPSA) is 4.93 Å². The van der Waals surface area contributed by atoms with Crippen molar-refractivity contribution >= 4 is 35.1 Å². The van der Waals surface area contributed by atoms with E-state index >= 15 is 0 Å². The summed E-state index contributed by atoms with van der Waals surface area (Å²) >= 11 is 3.71. The maximum absolute atomic E-state index is 3.71. The summed E-state index contributed by atoms with van der Waals surface area (Å²) in [7, 11) is -1.57. The lowest BCUT2D eigenvalue weighted by atomic mass is 10.1. The summed E-state index contributed by atoms with van der Waals surface area (Å²) in [4.78, 5) is 0. The molecule has 19 heavy (non-hydrogen) atoms. The Bertz CT molecular complexity index is 633. The van der Waals surface area contributed by atoms with Gasteiger partial charge in [-0.05, 0) is 40.5 Å². The van der Waals surface area contributed by atoms with Crippen molar-refractivity contribution in [3.63, 3.8) is 0 Å². The van der Waals surface area contributed by atoms with Crippen LogP contribution in [0.4, 0.5) is 0 Å². The fraction of sp³-hybridized carbons (Fsp3) is 0.500. The molecule has 0 amide bonds. The molecule has 1 aliphatic rings. The predicted octanol–water partition coefficient (Wildman–Crippen LogP) is 5.67. The first-order valence-corrected chi connectivity index (χ1v) is 10.2. The Kier molecular flexibility index (Phi) is 2.99. The van der Waals surface area contributed by atoms with Crippen LogP contribution in [0.3, 0.4) is 0 Å². The zero-order chi connectivity index (χ0) is 13.9. The molecule has 0 aliphatic carbocycles. The number of halogens is 1. The third kappa shape index (κ3) is 1.46. The van der Waals surface area contributed by atoms with Gasteiger partial charge in [-0.1, -0.05) is 56.6 Å². The highest BCUT2D eigenvalue weighted by molar-refractivity contribution is 9.10. The lowest BCUT2D eigenvalue weighted by molar-refractivity contribution is 0.797. The van der Waals surface area contributed by atoms with E-state index in [1.165, 1.54) is 15.4 Å². The highest BCUT2D eigenvalue weighted by Crippen LogP contribution is 2.52. The summed E-state index contributed by atoms with van der Waals surface area (Å²) in [5.41, 5.74) is 5.28. The Balaban J connectivity index is 2.40. The van der Waals surface area contributed by atoms with E-state index in [2.05, 4.69) is 79.2 Å². The SMILES string of the molecule is CC(C)[Si]1(C(C)C)C(C)c2ccc(Br)c3ccn1c23. The lowest BCUT2D eigenvalue weighted by Crippen LogP contribution is -2.50. The van der Waals surface area contributed by atoms with E-state index in [9.17, 15) is 0 Å². The van der Waals surface area contributed by atoms with Crippen molar-refractivity contribution in [2.24, 2.45) is 0 Å². The van der Waals surface area contributed by atoms with Gasteiger partial charge < -0.3 is 4.23 Å². The van der Waals surface area contributed by atoms with E-state index in [1.807, 2.05) is 0 Å². The molecule has 0 radical (unpaired) electrons. The summed E-state index contributed by atoms with van der Waals surface area (Å²) < 4.78 is 3.93. The first kappa shape index (κ1) is 13.4. The molecule has 1 aromatic heterocycles. The van der Waals surface area contributed by atoms with E-state index in [4.69, 9.17) is 0 Å². The zero-order valence-electron chi connectivity index (χ0n) is 12.4. The fourth-order valence-corrected chi connectivity index (χ4v) is 11.6. The molecule has 1 aromatic carbocycles. The maximum Gasteiger partial charge on any atom is 0.174 e. The van der Waals surface area contributed by atoms with Gasteiger partial charge in [0.2, 0.25) is 0 Å². The Hall–Kier alpha value is -0.543. The molecule has 0 spiro atoms. The maximum atomic E-state index is 3.71. The predicted molar refractivity (Wildman–Crippen MR) is 89.4 cm³/mol. The number of hydrogen-bond acceptors (Lipinski definition) is 0. The van der Waals surface area contributed by atoms with Crippen molar-refractivity contribution < 1.29 is 0 Å². The van der Waals surface area contributed by atoms with Gasteiger partial charge in [0.1, 0.15) is 0 Å². The minimum Gasteiger partial charge on any atom is -0.373 e. The van der Waals surface area contributed by atoms with E-state index in [0.717, 1.165) is 11.1 Å². The average Bonchev–Trinajstić information content (AvgIpc) is 2.84. The standard InChI is InChI=1S/C16H22BrNSi/c1-10(2)19(11(3)4)12(5)13-6-7-15(17)14-8-9-18(19)16(13)14/h6-12H,1-5H3. The summed E-state index contributed by atoms with van der Waals surface area (Å²) in [6, 6.07) is 6.86. The summed E-state index contributed by atoms with van der Waals surface area (Å²) in [6.07, 6.45) is 2.36. The molecule has 1 atom stereocenters. The second-order valence-corrected chi connectivity index (χ2v) is 12.8. The average molecular weight is 336 g/mol. The minimum absolute atomic E-state index is 0.708. The van der Waals surface area contributed by atoms with Gasteiger partial charge in [-0.15, -0.1) is 0 Å². The van der Waals surface area contributed by atoms with Crippen LogP contribution in [-0.4, -0.2) is 12.5 Å². The lowest BCUT2D eigenvalue weighted by Gasteiger charge is -2.41. The Morgan fingerprint density at radius 1 is 1.11 bits per heavy atom. The van der Waals surface area contributed by atoms with Gasteiger partial charge in [-0.3, -0.25) is 0 Å². The third-order valence-electron chi connectivity index (χ3n) is 5.25. The van der Waals surface area contributed by atoms with Crippen LogP contribution in [0, 0.1) is 0 Å². The second kappa shape index (κ2) is 4.22. The van der Waals surface area contributed by atoms with Crippen LogP contribution in [0.2, 0.25) is 11.1 Å². The molecule has 1 unspecified atom stereocenters. The van der Waals surface area contributed by atoms with Crippen LogP contribution in [0.1, 0.15) is 45.7 Å². The summed E-state index contributed by atoms with van der Waals surface area (Å²) in [6.45, 7) is 12.2. The Morgan fingerprint density at radius 2 is 1.74 bits per heavy atom. The van der Waals surface area contributed by atoms with Crippen LogP contribution in [0.15, 0.2) is 28.9 Å². The van der Waals surface area contributed by atoms with E-state index in [0.29, 0.717) is 5.54 Å². The Morgan fingerprint density at radius 3 is 2.32 bits per heavy atom. The van der Waals surface area contributed by atoms with Crippen LogP contribution < -0.4 is 0 Å². The van der Waals surface area contributed by atoms with Crippen LogP contribution in [0.25, 0.3) is 10.9 Å². The summed E-state index contributed by atoms with van der Waals surface area (Å²) in [5.74, 6) is 0. The van der Waals surface area contributed by atoms with Gasteiger partial charge >= 0.3 is 0 Å². The molecular weight excluding hydrogens is 314 g/mol. The molecule has 2 aromatic rings. The van der Waals surface area contributed by atoms with Gasteiger partial charge in [0.05, 0.1) is 0 Å². The first-order chi connectivity index (χ1) is 8.92. The molecule has 0 N–H and O–H groups in total.